The lowest BCUT2D eigenvalue weighted by Gasteiger charge is -2.23. The van der Waals surface area contributed by atoms with Gasteiger partial charge in [0.05, 0.1) is 37.4 Å². The number of benzene rings is 2. The van der Waals surface area contributed by atoms with Gasteiger partial charge >= 0.3 is 0 Å². The maximum Gasteiger partial charge on any atom is 0.230 e. The number of fused-ring (bicyclic) bond motifs is 2. The predicted molar refractivity (Wildman–Crippen MR) is 121 cm³/mol. The summed E-state index contributed by atoms with van der Waals surface area (Å²) in [5.41, 5.74) is 25.4. The number of carbonyl (C=O) groups excluding carboxylic acids is 3. The summed E-state index contributed by atoms with van der Waals surface area (Å²) in [4.78, 5) is 46.7. The number of rotatable bonds is 11. The number of amides is 1. The maximum absolute atomic E-state index is 13.5. The van der Waals surface area contributed by atoms with Crippen LogP contribution in [0.5, 0.6) is 11.5 Å². The number of ether oxygens (including phenoxy) is 2. The van der Waals surface area contributed by atoms with Crippen LogP contribution in [0.3, 0.4) is 0 Å². The largest absolute Gasteiger partial charge is 0.493 e. The van der Waals surface area contributed by atoms with Crippen LogP contribution in [-0.2, 0) is 4.79 Å². The molecule has 2 aromatic carbocycles. The molecule has 0 bridgehead atoms. The number of carbonyl (C=O) groups is 3. The van der Waals surface area contributed by atoms with Crippen LogP contribution in [0.2, 0.25) is 0 Å². The van der Waals surface area contributed by atoms with E-state index in [1.165, 1.54) is 24.3 Å². The van der Waals surface area contributed by atoms with Gasteiger partial charge in [-0.3, -0.25) is 14.4 Å². The van der Waals surface area contributed by atoms with E-state index in [1.54, 1.807) is 6.07 Å². The van der Waals surface area contributed by atoms with Gasteiger partial charge in [-0.25, -0.2) is 0 Å². The maximum atomic E-state index is 13.5. The summed E-state index contributed by atoms with van der Waals surface area (Å²) in [6.07, 6.45) is 0. The summed E-state index contributed by atoms with van der Waals surface area (Å²) in [5, 5.41) is 12.4. The zero-order valence-corrected chi connectivity index (χ0v) is 18.0. The van der Waals surface area contributed by atoms with Gasteiger partial charge in [-0.1, -0.05) is 27.5 Å². The zero-order chi connectivity index (χ0) is 25.2. The third-order valence-corrected chi connectivity index (χ3v) is 4.66. The molecular weight excluding hydrogens is 460 g/mol. The molecule has 0 spiro atoms. The Balaban J connectivity index is 2.05. The smallest absolute Gasteiger partial charge is 0.230 e. The molecule has 0 atom stereocenters. The summed E-state index contributed by atoms with van der Waals surface area (Å²) < 4.78 is 11.2. The lowest BCUT2D eigenvalue weighted by molar-refractivity contribution is -0.114. The molecule has 0 aliphatic heterocycles. The minimum absolute atomic E-state index is 0.0134. The van der Waals surface area contributed by atoms with E-state index >= 15 is 0 Å². The first-order valence-corrected chi connectivity index (χ1v) is 10.00. The SMILES string of the molecule is [N-]=[N+]=NCCOc1cccc2c1C(=O)c1c(OCCN=[N+]=[N-])cc(NC(=O)CN=[N+]=[N-])cc1C2=O. The van der Waals surface area contributed by atoms with Crippen LogP contribution >= 0.6 is 0 Å². The van der Waals surface area contributed by atoms with E-state index in [4.69, 9.17) is 26.1 Å². The van der Waals surface area contributed by atoms with Gasteiger partial charge in [-0.15, -0.1) is 0 Å². The average molecular weight is 476 g/mol. The minimum Gasteiger partial charge on any atom is -0.493 e. The molecule has 0 aromatic heterocycles. The van der Waals surface area contributed by atoms with Crippen molar-refractivity contribution in [2.45, 2.75) is 0 Å². The first-order chi connectivity index (χ1) is 17.0. The number of nitrogens with one attached hydrogen (secondary N) is 1. The van der Waals surface area contributed by atoms with Crippen LogP contribution in [-0.4, -0.2) is 50.3 Å². The van der Waals surface area contributed by atoms with Crippen LogP contribution in [0.25, 0.3) is 31.3 Å². The molecule has 1 aliphatic carbocycles. The van der Waals surface area contributed by atoms with E-state index in [0.717, 1.165) is 0 Å². The number of ketones is 2. The Morgan fingerprint density at radius 2 is 1.46 bits per heavy atom. The van der Waals surface area contributed by atoms with E-state index < -0.39 is 24.0 Å². The number of anilines is 1. The normalized spacial score (nSPS) is 11.1. The molecule has 0 unspecified atom stereocenters. The van der Waals surface area contributed by atoms with Crippen molar-refractivity contribution >= 4 is 23.2 Å². The molecule has 176 valence electrons. The standard InChI is InChI=1S/C20H16N10O5/c21-28-24-4-6-34-14-3-1-2-12-17(14)20(33)18-13(19(12)32)8-11(27-16(31)10-26-30-23)9-15(18)35-7-5-25-29-22/h1-3,8-9H,4-7,10H2,(H,27,31). The van der Waals surface area contributed by atoms with Crippen molar-refractivity contribution < 1.29 is 23.9 Å². The number of azide groups is 3. The topological polar surface area (TPSA) is 228 Å². The van der Waals surface area contributed by atoms with Crippen LogP contribution in [0, 0.1) is 0 Å². The predicted octanol–water partition coefficient (Wildman–Crippen LogP) is 4.09. The second-order valence-electron chi connectivity index (χ2n) is 6.78. The Kier molecular flexibility index (Phi) is 8.09. The summed E-state index contributed by atoms with van der Waals surface area (Å²) in [6.45, 7) is -0.629. The molecule has 3 rings (SSSR count). The van der Waals surface area contributed by atoms with Gasteiger partial charge in [-0.05, 0) is 28.7 Å². The van der Waals surface area contributed by atoms with Crippen molar-refractivity contribution in [1.82, 2.24) is 0 Å². The highest BCUT2D eigenvalue weighted by molar-refractivity contribution is 6.30. The molecule has 35 heavy (non-hydrogen) atoms. The van der Waals surface area contributed by atoms with Crippen LogP contribution < -0.4 is 14.8 Å². The Morgan fingerprint density at radius 3 is 2.11 bits per heavy atom. The molecule has 1 amide bonds. The van der Waals surface area contributed by atoms with Crippen molar-refractivity contribution in [3.05, 3.63) is 83.9 Å². The minimum atomic E-state index is -0.645. The Bertz CT molecular complexity index is 1340. The van der Waals surface area contributed by atoms with E-state index in [2.05, 4.69) is 35.4 Å². The van der Waals surface area contributed by atoms with Gasteiger partial charge in [0.15, 0.2) is 5.78 Å². The molecule has 1 aliphatic rings. The summed E-state index contributed by atoms with van der Waals surface area (Å²) >= 11 is 0. The van der Waals surface area contributed by atoms with Gasteiger partial charge in [0.25, 0.3) is 0 Å². The molecule has 15 heteroatoms. The van der Waals surface area contributed by atoms with E-state index in [9.17, 15) is 14.4 Å². The number of nitrogens with zero attached hydrogens (tertiary/aromatic N) is 9. The van der Waals surface area contributed by atoms with Gasteiger partial charge in [-0.2, -0.15) is 0 Å². The summed E-state index contributed by atoms with van der Waals surface area (Å²) in [6, 6.07) is 7.18. The van der Waals surface area contributed by atoms with Gasteiger partial charge in [0, 0.05) is 37.6 Å². The summed E-state index contributed by atoms with van der Waals surface area (Å²) in [7, 11) is 0. The Labute approximate surface area is 196 Å². The molecule has 0 heterocycles. The highest BCUT2D eigenvalue weighted by Crippen LogP contribution is 2.39. The van der Waals surface area contributed by atoms with Crippen molar-refractivity contribution in [1.29, 1.82) is 0 Å². The quantitative estimate of drug-likeness (QED) is 0.186. The molecular formula is C20H16N10O5. The van der Waals surface area contributed by atoms with E-state index in [1.807, 2.05) is 0 Å². The fraction of sp³-hybridized carbons (Fsp3) is 0.250. The third-order valence-electron chi connectivity index (χ3n) is 4.66. The molecule has 0 radical (unpaired) electrons. The highest BCUT2D eigenvalue weighted by Gasteiger charge is 2.35. The first-order valence-electron chi connectivity index (χ1n) is 10.00. The fourth-order valence-corrected chi connectivity index (χ4v) is 3.34. The highest BCUT2D eigenvalue weighted by atomic mass is 16.5. The second-order valence-corrected chi connectivity index (χ2v) is 6.78. The zero-order valence-electron chi connectivity index (χ0n) is 18.0. The van der Waals surface area contributed by atoms with Crippen LogP contribution in [0.15, 0.2) is 45.7 Å². The van der Waals surface area contributed by atoms with Crippen molar-refractivity contribution in [3.8, 4) is 11.5 Å². The van der Waals surface area contributed by atoms with Gasteiger partial charge < -0.3 is 14.8 Å². The monoisotopic (exact) mass is 476 g/mol. The van der Waals surface area contributed by atoms with Crippen molar-refractivity contribution in [3.63, 3.8) is 0 Å². The molecule has 1 N–H and O–H groups in total. The van der Waals surface area contributed by atoms with Gasteiger partial charge in [0.1, 0.15) is 18.0 Å². The lowest BCUT2D eigenvalue weighted by atomic mass is 9.82. The third kappa shape index (κ3) is 5.59. The summed E-state index contributed by atoms with van der Waals surface area (Å²) in [5.74, 6) is -1.61. The van der Waals surface area contributed by atoms with Crippen LogP contribution in [0.4, 0.5) is 5.69 Å². The number of hydrogen-bond donors (Lipinski definition) is 1. The van der Waals surface area contributed by atoms with Crippen molar-refractivity contribution in [2.75, 3.05) is 38.2 Å². The van der Waals surface area contributed by atoms with Gasteiger partial charge in [0.2, 0.25) is 11.7 Å². The fourth-order valence-electron chi connectivity index (χ4n) is 3.34. The lowest BCUT2D eigenvalue weighted by Crippen LogP contribution is -2.24. The number of hydrogen-bond acceptors (Lipinski definition) is 8. The first kappa shape index (κ1) is 24.4. The van der Waals surface area contributed by atoms with E-state index in [-0.39, 0.29) is 65.7 Å². The Morgan fingerprint density at radius 1 is 0.829 bits per heavy atom. The van der Waals surface area contributed by atoms with E-state index in [0.29, 0.717) is 0 Å². The molecule has 15 nitrogen and oxygen atoms in total. The molecule has 0 saturated heterocycles. The molecule has 2 aromatic rings. The molecule has 0 saturated carbocycles. The average Bonchev–Trinajstić information content (AvgIpc) is 2.86. The second kappa shape index (κ2) is 11.6. The van der Waals surface area contributed by atoms with Crippen LogP contribution in [0.1, 0.15) is 31.8 Å². The molecule has 0 fully saturated rings. The Hall–Kier alpha value is -5.22. The van der Waals surface area contributed by atoms with Crippen molar-refractivity contribution in [2.24, 2.45) is 15.3 Å².